The molecule has 1 aromatic carbocycles. The highest BCUT2D eigenvalue weighted by atomic mass is 35.5. The molecule has 0 bridgehead atoms. The minimum Gasteiger partial charge on any atom is -0.356 e. The molecule has 1 amide bonds. The zero-order valence-corrected chi connectivity index (χ0v) is 15.1. The van der Waals surface area contributed by atoms with Crippen LogP contribution in [0.2, 0.25) is 5.02 Å². The summed E-state index contributed by atoms with van der Waals surface area (Å²) >= 11 is 5.87. The summed E-state index contributed by atoms with van der Waals surface area (Å²) in [5.74, 6) is 0.772. The Bertz CT molecular complexity index is 520. The van der Waals surface area contributed by atoms with Crippen molar-refractivity contribution in [1.82, 2.24) is 16.0 Å². The third kappa shape index (κ3) is 7.88. The maximum Gasteiger partial charge on any atom is 0.225 e. The van der Waals surface area contributed by atoms with Crippen molar-refractivity contribution in [2.45, 2.75) is 27.2 Å². The topological polar surface area (TPSA) is 65.5 Å². The summed E-state index contributed by atoms with van der Waals surface area (Å²) in [5.41, 5.74) is 0.855. The Balaban J connectivity index is 2.22. The summed E-state index contributed by atoms with van der Waals surface area (Å²) in [6.07, 6.45) is 0.888. The molecule has 0 aliphatic heterocycles. The lowest BCUT2D eigenvalue weighted by atomic mass is 9.96. The maximum atomic E-state index is 11.7. The van der Waals surface area contributed by atoms with Crippen molar-refractivity contribution >= 4 is 23.5 Å². The maximum absolute atomic E-state index is 11.7. The molecule has 0 atom stereocenters. The van der Waals surface area contributed by atoms with Gasteiger partial charge in [-0.1, -0.05) is 44.5 Å². The van der Waals surface area contributed by atoms with Crippen molar-refractivity contribution in [3.05, 3.63) is 34.9 Å². The fourth-order valence-corrected chi connectivity index (χ4v) is 1.95. The van der Waals surface area contributed by atoms with E-state index in [4.69, 9.17) is 11.6 Å². The van der Waals surface area contributed by atoms with E-state index in [9.17, 15) is 4.79 Å². The van der Waals surface area contributed by atoms with Gasteiger partial charge in [0.15, 0.2) is 5.96 Å². The molecule has 0 unspecified atom stereocenters. The number of hydrogen-bond acceptors (Lipinski definition) is 2. The average Bonchev–Trinajstić information content (AvgIpc) is 2.50. The molecule has 128 valence electrons. The molecule has 0 saturated heterocycles. The van der Waals surface area contributed by atoms with Gasteiger partial charge in [0.1, 0.15) is 0 Å². The minimum atomic E-state index is -0.363. The van der Waals surface area contributed by atoms with E-state index in [0.717, 1.165) is 23.9 Å². The monoisotopic (exact) mass is 338 g/mol. The zero-order chi connectivity index (χ0) is 17.3. The summed E-state index contributed by atoms with van der Waals surface area (Å²) in [7, 11) is 1.73. The Morgan fingerprint density at radius 3 is 2.17 bits per heavy atom. The van der Waals surface area contributed by atoms with Gasteiger partial charge in [-0.05, 0) is 24.1 Å². The summed E-state index contributed by atoms with van der Waals surface area (Å²) in [4.78, 5) is 15.9. The van der Waals surface area contributed by atoms with Gasteiger partial charge in [-0.15, -0.1) is 0 Å². The molecule has 1 rings (SSSR count). The molecular formula is C17H27ClN4O. The Morgan fingerprint density at radius 1 is 1.04 bits per heavy atom. The number of nitrogens with one attached hydrogen (secondary N) is 3. The fraction of sp³-hybridized carbons (Fsp3) is 0.529. The summed E-state index contributed by atoms with van der Waals surface area (Å²) in [6, 6.07) is 7.81. The quantitative estimate of drug-likeness (QED) is 0.423. The summed E-state index contributed by atoms with van der Waals surface area (Å²) in [5, 5.41) is 10.1. The van der Waals surface area contributed by atoms with Gasteiger partial charge in [-0.2, -0.15) is 0 Å². The number of benzene rings is 1. The average molecular weight is 339 g/mol. The fourth-order valence-electron chi connectivity index (χ4n) is 1.82. The van der Waals surface area contributed by atoms with Crippen LogP contribution in [0.4, 0.5) is 0 Å². The molecule has 0 spiro atoms. The first-order chi connectivity index (χ1) is 10.8. The van der Waals surface area contributed by atoms with Crippen LogP contribution in [0.25, 0.3) is 0 Å². The van der Waals surface area contributed by atoms with Crippen molar-refractivity contribution in [2.75, 3.05) is 26.7 Å². The molecule has 0 aromatic heterocycles. The van der Waals surface area contributed by atoms with Gasteiger partial charge in [-0.3, -0.25) is 9.79 Å². The molecule has 0 aliphatic rings. The second-order valence-electron chi connectivity index (χ2n) is 6.31. The smallest absolute Gasteiger partial charge is 0.225 e. The van der Waals surface area contributed by atoms with Gasteiger partial charge >= 0.3 is 0 Å². The second kappa shape index (κ2) is 9.40. The van der Waals surface area contributed by atoms with Crippen LogP contribution in [-0.2, 0) is 11.2 Å². The summed E-state index contributed by atoms with van der Waals surface area (Å²) in [6.45, 7) is 7.65. The minimum absolute atomic E-state index is 0.0463. The molecule has 1 aromatic rings. The van der Waals surface area contributed by atoms with Crippen LogP contribution in [0.15, 0.2) is 29.3 Å². The van der Waals surface area contributed by atoms with Crippen molar-refractivity contribution in [3.63, 3.8) is 0 Å². The standard InChI is InChI=1S/C17H27ClN4O/c1-17(2,3)15(23)20-11-12-22-16(19-4)21-10-9-13-5-7-14(18)8-6-13/h5-8H,9-12H2,1-4H3,(H,20,23)(H2,19,21,22). The number of rotatable bonds is 6. The lowest BCUT2D eigenvalue weighted by Gasteiger charge is -2.18. The first-order valence-electron chi connectivity index (χ1n) is 7.80. The molecule has 0 fully saturated rings. The Hall–Kier alpha value is -1.75. The SMILES string of the molecule is CN=C(NCCNC(=O)C(C)(C)C)NCCc1ccc(Cl)cc1. The highest BCUT2D eigenvalue weighted by Crippen LogP contribution is 2.11. The number of guanidine groups is 1. The lowest BCUT2D eigenvalue weighted by molar-refractivity contribution is -0.128. The number of hydrogen-bond donors (Lipinski definition) is 3. The van der Waals surface area contributed by atoms with Crippen LogP contribution in [0, 0.1) is 5.41 Å². The predicted octanol–water partition coefficient (Wildman–Crippen LogP) is 2.21. The van der Waals surface area contributed by atoms with Gasteiger partial charge in [-0.25, -0.2) is 0 Å². The second-order valence-corrected chi connectivity index (χ2v) is 6.74. The van der Waals surface area contributed by atoms with Crippen molar-refractivity contribution in [3.8, 4) is 0 Å². The Morgan fingerprint density at radius 2 is 1.61 bits per heavy atom. The van der Waals surface area contributed by atoms with Crippen LogP contribution in [0.5, 0.6) is 0 Å². The molecule has 3 N–H and O–H groups in total. The van der Waals surface area contributed by atoms with Crippen LogP contribution in [0.1, 0.15) is 26.3 Å². The molecule has 6 heteroatoms. The van der Waals surface area contributed by atoms with Gasteiger partial charge in [0.2, 0.25) is 5.91 Å². The summed E-state index contributed by atoms with van der Waals surface area (Å²) < 4.78 is 0. The van der Waals surface area contributed by atoms with Crippen molar-refractivity contribution in [1.29, 1.82) is 0 Å². The van der Waals surface area contributed by atoms with Crippen molar-refractivity contribution < 1.29 is 4.79 Å². The normalized spacial score (nSPS) is 12.0. The molecule has 5 nitrogen and oxygen atoms in total. The van der Waals surface area contributed by atoms with E-state index >= 15 is 0 Å². The third-order valence-electron chi connectivity index (χ3n) is 3.23. The molecule has 0 aliphatic carbocycles. The molecule has 23 heavy (non-hydrogen) atoms. The number of carbonyl (C=O) groups excluding carboxylic acids is 1. The van der Waals surface area contributed by atoms with Crippen LogP contribution in [-0.4, -0.2) is 38.5 Å². The Labute approximate surface area is 143 Å². The van der Waals surface area contributed by atoms with Crippen molar-refractivity contribution in [2.24, 2.45) is 10.4 Å². The van der Waals surface area contributed by atoms with Crippen LogP contribution in [0.3, 0.4) is 0 Å². The third-order valence-corrected chi connectivity index (χ3v) is 3.48. The lowest BCUT2D eigenvalue weighted by Crippen LogP contribution is -2.43. The number of halogens is 1. The molecular weight excluding hydrogens is 312 g/mol. The Kier molecular flexibility index (Phi) is 7.89. The first kappa shape index (κ1) is 19.3. The first-order valence-corrected chi connectivity index (χ1v) is 8.18. The van der Waals surface area contributed by atoms with Crippen LogP contribution >= 0.6 is 11.6 Å². The van der Waals surface area contributed by atoms with E-state index < -0.39 is 0 Å². The molecule has 0 radical (unpaired) electrons. The van der Waals surface area contributed by atoms with E-state index in [1.165, 1.54) is 5.56 Å². The van der Waals surface area contributed by atoms with E-state index in [1.54, 1.807) is 7.05 Å². The van der Waals surface area contributed by atoms with E-state index in [-0.39, 0.29) is 11.3 Å². The highest BCUT2D eigenvalue weighted by molar-refractivity contribution is 6.30. The molecule has 0 heterocycles. The van der Waals surface area contributed by atoms with E-state index in [1.807, 2.05) is 45.0 Å². The van der Waals surface area contributed by atoms with Gasteiger partial charge < -0.3 is 16.0 Å². The predicted molar refractivity (Wildman–Crippen MR) is 97.0 cm³/mol. The van der Waals surface area contributed by atoms with E-state index in [0.29, 0.717) is 13.1 Å². The largest absolute Gasteiger partial charge is 0.356 e. The van der Waals surface area contributed by atoms with Gasteiger partial charge in [0.25, 0.3) is 0 Å². The number of amides is 1. The highest BCUT2D eigenvalue weighted by Gasteiger charge is 2.20. The number of aliphatic imine (C=N–C) groups is 1. The van der Waals surface area contributed by atoms with Gasteiger partial charge in [0, 0.05) is 37.1 Å². The molecule has 0 saturated carbocycles. The zero-order valence-electron chi connectivity index (χ0n) is 14.4. The number of nitrogens with zero attached hydrogens (tertiary/aromatic N) is 1. The van der Waals surface area contributed by atoms with Gasteiger partial charge in [0.05, 0.1) is 0 Å². The van der Waals surface area contributed by atoms with E-state index in [2.05, 4.69) is 20.9 Å². The number of carbonyl (C=O) groups is 1. The van der Waals surface area contributed by atoms with Crippen LogP contribution < -0.4 is 16.0 Å².